The third kappa shape index (κ3) is 7.52. The first-order chi connectivity index (χ1) is 41.6. The maximum Gasteiger partial charge on any atom is 0.0742 e. The van der Waals surface area contributed by atoms with Crippen molar-refractivity contribution in [3.05, 3.63) is 351 Å². The van der Waals surface area contributed by atoms with Crippen LogP contribution in [0, 0.1) is 41.5 Å². The maximum absolute atomic E-state index is 2.56. The lowest BCUT2D eigenvalue weighted by molar-refractivity contribution is 0.730. The number of para-hydroxylation sites is 4. The third-order valence-corrected chi connectivity index (χ3v) is 18.8. The van der Waals surface area contributed by atoms with Gasteiger partial charge >= 0.3 is 0 Å². The quantitative estimate of drug-likeness (QED) is 0.147. The highest BCUT2D eigenvalue weighted by atomic mass is 15.2. The van der Waals surface area contributed by atoms with Crippen molar-refractivity contribution in [2.24, 2.45) is 0 Å². The van der Waals surface area contributed by atoms with Crippen LogP contribution in [0.1, 0.15) is 77.9 Å². The van der Waals surface area contributed by atoms with Gasteiger partial charge in [0.15, 0.2) is 0 Å². The fourth-order valence-electron chi connectivity index (χ4n) is 15.0. The Bertz CT molecular complexity index is 4840. The van der Waals surface area contributed by atoms with Gasteiger partial charge in [0.05, 0.1) is 44.6 Å². The van der Waals surface area contributed by atoms with Gasteiger partial charge in [-0.2, -0.15) is 0 Å². The van der Waals surface area contributed by atoms with Gasteiger partial charge < -0.3 is 14.4 Å². The monoisotopic (exact) mass is 1090 g/mol. The van der Waals surface area contributed by atoms with Gasteiger partial charge in [-0.3, -0.25) is 0 Å². The van der Waals surface area contributed by atoms with Crippen molar-refractivity contribution in [1.82, 2.24) is 4.57 Å². The van der Waals surface area contributed by atoms with E-state index in [1.54, 1.807) is 0 Å². The van der Waals surface area contributed by atoms with Crippen molar-refractivity contribution in [1.29, 1.82) is 0 Å². The Kier molecular flexibility index (Phi) is 11.4. The second-order valence-corrected chi connectivity index (χ2v) is 24.1. The lowest BCUT2D eigenvalue weighted by Gasteiger charge is -2.46. The first-order valence-corrected chi connectivity index (χ1v) is 29.9. The van der Waals surface area contributed by atoms with Gasteiger partial charge in [-0.25, -0.2) is 0 Å². The van der Waals surface area contributed by atoms with E-state index < -0.39 is 10.8 Å². The highest BCUT2D eigenvalue weighted by molar-refractivity contribution is 6.13. The van der Waals surface area contributed by atoms with Crippen LogP contribution in [0.25, 0.3) is 49.0 Å². The average Bonchev–Trinajstić information content (AvgIpc) is 1.74. The Morgan fingerprint density at radius 2 is 0.624 bits per heavy atom. The molecule has 3 heterocycles. The summed E-state index contributed by atoms with van der Waals surface area (Å²) in [7, 11) is 0. The number of fused-ring (bicyclic) bond motifs is 10. The molecule has 0 fully saturated rings. The zero-order valence-electron chi connectivity index (χ0n) is 48.8. The molecule has 406 valence electrons. The lowest BCUT2D eigenvalue weighted by atomic mass is 9.62. The fourth-order valence-corrected chi connectivity index (χ4v) is 15.0. The first kappa shape index (κ1) is 50.5. The van der Waals surface area contributed by atoms with Gasteiger partial charge in [-0.15, -0.1) is 0 Å². The van der Waals surface area contributed by atoms with E-state index >= 15 is 0 Å². The molecule has 0 saturated carbocycles. The smallest absolute Gasteiger partial charge is 0.0742 e. The SMILES string of the molecule is Cc1ccc(C2(c3ccc(C)cc3)c3ccccc3N(c3ccc4c(ccc5cc(N6c7ccccc7C(c7ccc(C)cc7)(c7ccc(C)cc7)c7cc8c9ccccc9n(-c9cc(C)cc(C)c9)c8cc76)ccc54)c3)c3ccccc32)cc1. The minimum atomic E-state index is -0.663. The molecular weight excluding hydrogens is 1030 g/mol. The minimum absolute atomic E-state index is 0.543. The number of rotatable bonds is 7. The Labute approximate surface area is 498 Å². The second-order valence-electron chi connectivity index (χ2n) is 24.1. The molecule has 0 bridgehead atoms. The van der Waals surface area contributed by atoms with Gasteiger partial charge in [-0.1, -0.05) is 222 Å². The number of benzene rings is 13. The van der Waals surface area contributed by atoms with E-state index in [9.17, 15) is 0 Å². The Morgan fingerprint density at radius 1 is 0.235 bits per heavy atom. The summed E-state index contributed by atoms with van der Waals surface area (Å²) in [5.41, 5.74) is 26.7. The molecule has 16 rings (SSSR count). The van der Waals surface area contributed by atoms with Crippen LogP contribution in [0.5, 0.6) is 0 Å². The molecule has 2 aliphatic rings. The van der Waals surface area contributed by atoms with E-state index in [0.717, 1.165) is 22.7 Å². The molecule has 0 N–H and O–H groups in total. The molecule has 0 aliphatic carbocycles. The highest BCUT2D eigenvalue weighted by Crippen LogP contribution is 2.61. The number of nitrogens with zero attached hydrogens (tertiary/aromatic N) is 3. The van der Waals surface area contributed by atoms with Crippen LogP contribution in [-0.2, 0) is 10.8 Å². The molecule has 1 aromatic heterocycles. The summed E-state index contributed by atoms with van der Waals surface area (Å²) < 4.78 is 2.50. The predicted molar refractivity (Wildman–Crippen MR) is 357 cm³/mol. The average molecular weight is 1090 g/mol. The Hall–Kier alpha value is -10.2. The van der Waals surface area contributed by atoms with Crippen LogP contribution in [0.2, 0.25) is 0 Å². The predicted octanol–water partition coefficient (Wildman–Crippen LogP) is 21.3. The fraction of sp³-hybridized carbons (Fsp3) is 0.0976. The second kappa shape index (κ2) is 19.2. The van der Waals surface area contributed by atoms with E-state index in [1.807, 2.05) is 0 Å². The zero-order valence-corrected chi connectivity index (χ0v) is 48.8. The summed E-state index contributed by atoms with van der Waals surface area (Å²) in [4.78, 5) is 5.05. The number of hydrogen-bond acceptors (Lipinski definition) is 2. The van der Waals surface area contributed by atoms with Crippen molar-refractivity contribution in [3.63, 3.8) is 0 Å². The molecule has 3 nitrogen and oxygen atoms in total. The van der Waals surface area contributed by atoms with Gasteiger partial charge in [0.25, 0.3) is 0 Å². The van der Waals surface area contributed by atoms with Gasteiger partial charge in [0, 0.05) is 27.8 Å². The van der Waals surface area contributed by atoms with Crippen LogP contribution >= 0.6 is 0 Å². The van der Waals surface area contributed by atoms with E-state index in [1.165, 1.54) is 138 Å². The molecule has 0 radical (unpaired) electrons. The van der Waals surface area contributed by atoms with Crippen LogP contribution in [-0.4, -0.2) is 4.57 Å². The first-order valence-electron chi connectivity index (χ1n) is 29.9. The zero-order chi connectivity index (χ0) is 57.3. The maximum atomic E-state index is 2.56. The third-order valence-electron chi connectivity index (χ3n) is 18.8. The highest BCUT2D eigenvalue weighted by Gasteiger charge is 2.48. The van der Waals surface area contributed by atoms with Crippen LogP contribution in [0.15, 0.2) is 273 Å². The number of aryl methyl sites for hydroxylation is 6. The Balaban J connectivity index is 0.895. The van der Waals surface area contributed by atoms with Crippen LogP contribution in [0.3, 0.4) is 0 Å². The summed E-state index contributed by atoms with van der Waals surface area (Å²) in [6.45, 7) is 13.1. The van der Waals surface area contributed by atoms with Crippen molar-refractivity contribution in [3.8, 4) is 5.69 Å². The molecule has 85 heavy (non-hydrogen) atoms. The molecule has 13 aromatic carbocycles. The van der Waals surface area contributed by atoms with E-state index in [-0.39, 0.29) is 0 Å². The lowest BCUT2D eigenvalue weighted by Crippen LogP contribution is -2.37. The molecule has 0 amide bonds. The number of anilines is 6. The summed E-state index contributed by atoms with van der Waals surface area (Å²) in [5.74, 6) is 0. The normalized spacial score (nSPS) is 13.9. The van der Waals surface area contributed by atoms with E-state index in [2.05, 4.69) is 329 Å². The molecule has 0 saturated heterocycles. The van der Waals surface area contributed by atoms with Gasteiger partial charge in [-0.05, 0) is 192 Å². The van der Waals surface area contributed by atoms with Gasteiger partial charge in [0.2, 0.25) is 0 Å². The molecule has 2 aliphatic heterocycles. The van der Waals surface area contributed by atoms with E-state index in [0.29, 0.717) is 0 Å². The largest absolute Gasteiger partial charge is 0.310 e. The molecule has 14 aromatic rings. The van der Waals surface area contributed by atoms with Crippen molar-refractivity contribution in [2.75, 3.05) is 9.80 Å². The summed E-state index contributed by atoms with van der Waals surface area (Å²) in [6, 6.07) is 104. The molecule has 0 atom stereocenters. The molecular formula is C82H63N3. The van der Waals surface area contributed by atoms with Crippen LogP contribution < -0.4 is 9.80 Å². The summed E-state index contributed by atoms with van der Waals surface area (Å²) >= 11 is 0. The molecule has 0 spiro atoms. The summed E-state index contributed by atoms with van der Waals surface area (Å²) in [6.07, 6.45) is 0. The summed E-state index contributed by atoms with van der Waals surface area (Å²) in [5, 5.41) is 7.28. The van der Waals surface area contributed by atoms with Crippen molar-refractivity contribution >= 4 is 77.5 Å². The standard InChI is InChI=1S/C82H63N3/c1-52-23-33-60(34-24-52)81(61-35-25-53(2)26-36-61)71-16-8-12-20-76(71)83(77-21-13-9-17-72(77)81)64-41-43-67-58(48-64)31-32-59-49-65(42-44-68(59)67)84-78-22-14-10-18-73(78)82(62-37-27-54(3)28-38-62,63-39-29-55(4)30-40-63)74-50-70-69-15-7-11-19-75(69)85(79(70)51-80(74)84)66-46-56(5)45-57(6)47-66/h7-51H,1-6H3. The minimum Gasteiger partial charge on any atom is -0.310 e. The van der Waals surface area contributed by atoms with Crippen molar-refractivity contribution < 1.29 is 0 Å². The van der Waals surface area contributed by atoms with Crippen molar-refractivity contribution in [2.45, 2.75) is 52.4 Å². The number of aromatic nitrogens is 1. The van der Waals surface area contributed by atoms with E-state index in [4.69, 9.17) is 0 Å². The van der Waals surface area contributed by atoms with Crippen LogP contribution in [0.4, 0.5) is 34.1 Å². The Morgan fingerprint density at radius 3 is 1.07 bits per heavy atom. The number of hydrogen-bond donors (Lipinski definition) is 0. The molecule has 3 heteroatoms. The molecule has 0 unspecified atom stereocenters. The topological polar surface area (TPSA) is 11.4 Å². The van der Waals surface area contributed by atoms with Gasteiger partial charge in [0.1, 0.15) is 0 Å².